The molecule has 0 bridgehead atoms. The van der Waals surface area contributed by atoms with Crippen molar-refractivity contribution in [2.24, 2.45) is 0 Å². The van der Waals surface area contributed by atoms with E-state index in [1.807, 2.05) is 30.3 Å². The third kappa shape index (κ3) is 6.22. The van der Waals surface area contributed by atoms with E-state index in [2.05, 4.69) is 30.1 Å². The summed E-state index contributed by atoms with van der Waals surface area (Å²) in [5.74, 6) is 1.02. The Balaban J connectivity index is 1.59. The molecule has 1 N–H and O–H groups in total. The first-order chi connectivity index (χ1) is 14.7. The molecule has 3 rings (SSSR count). The van der Waals surface area contributed by atoms with Crippen LogP contribution in [-0.2, 0) is 6.42 Å². The Hall–Kier alpha value is -2.56. The van der Waals surface area contributed by atoms with Gasteiger partial charge in [0.15, 0.2) is 0 Å². The third-order valence-corrected chi connectivity index (χ3v) is 5.44. The lowest BCUT2D eigenvalue weighted by atomic mass is 10.0. The number of unbranched alkanes of at least 4 members (excludes halogenated alkanes) is 7. The summed E-state index contributed by atoms with van der Waals surface area (Å²) in [6.07, 6.45) is 12.2. The van der Waals surface area contributed by atoms with E-state index >= 15 is 0 Å². The van der Waals surface area contributed by atoms with Crippen molar-refractivity contribution in [3.63, 3.8) is 0 Å². The molecule has 0 radical (unpaired) electrons. The molecule has 1 aromatic heterocycles. The molecule has 3 aromatic rings. The van der Waals surface area contributed by atoms with Crippen LogP contribution in [0.2, 0.25) is 0 Å². The van der Waals surface area contributed by atoms with Gasteiger partial charge in [-0.25, -0.2) is 0 Å². The Labute approximate surface area is 180 Å². The van der Waals surface area contributed by atoms with Crippen LogP contribution in [0.25, 0.3) is 16.7 Å². The highest BCUT2D eigenvalue weighted by molar-refractivity contribution is 5.75. The standard InChI is InChI=1S/C25H35N3O2/c1-3-5-7-8-9-10-11-12-20-13-16-24(25(29)18-20)28-26-22-15-14-21(19-23(22)27-28)30-17-6-4-2/h13-16,18-19,29H,3-12,17H2,1-2H3. The number of aromatic hydroxyl groups is 1. The first-order valence-corrected chi connectivity index (χ1v) is 11.5. The van der Waals surface area contributed by atoms with E-state index in [1.165, 1.54) is 43.3 Å². The molecule has 0 amide bonds. The Morgan fingerprint density at radius 2 is 1.53 bits per heavy atom. The molecule has 0 aliphatic carbocycles. The zero-order valence-corrected chi connectivity index (χ0v) is 18.4. The van der Waals surface area contributed by atoms with Gasteiger partial charge in [-0.15, -0.1) is 15.0 Å². The van der Waals surface area contributed by atoms with Crippen LogP contribution in [0.4, 0.5) is 0 Å². The fourth-order valence-electron chi connectivity index (χ4n) is 3.61. The second kappa shape index (κ2) is 11.6. The van der Waals surface area contributed by atoms with Crippen LogP contribution >= 0.6 is 0 Å². The van der Waals surface area contributed by atoms with E-state index in [1.54, 1.807) is 0 Å². The first kappa shape index (κ1) is 22.1. The predicted molar refractivity (Wildman–Crippen MR) is 123 cm³/mol. The summed E-state index contributed by atoms with van der Waals surface area (Å²) in [4.78, 5) is 1.51. The average molecular weight is 410 g/mol. The molecule has 0 aliphatic heterocycles. The van der Waals surface area contributed by atoms with Crippen molar-refractivity contribution in [3.8, 4) is 17.2 Å². The molecule has 2 aromatic carbocycles. The van der Waals surface area contributed by atoms with Crippen molar-refractivity contribution in [1.82, 2.24) is 15.0 Å². The van der Waals surface area contributed by atoms with Crippen LogP contribution in [0.5, 0.6) is 11.5 Å². The first-order valence-electron chi connectivity index (χ1n) is 11.5. The van der Waals surface area contributed by atoms with Crippen LogP contribution < -0.4 is 4.74 Å². The number of phenols is 1. The topological polar surface area (TPSA) is 60.2 Å². The highest BCUT2D eigenvalue weighted by Gasteiger charge is 2.10. The monoisotopic (exact) mass is 409 g/mol. The minimum atomic E-state index is 0.218. The summed E-state index contributed by atoms with van der Waals surface area (Å²) in [5.41, 5.74) is 3.30. The Bertz CT molecular complexity index is 920. The van der Waals surface area contributed by atoms with E-state index in [-0.39, 0.29) is 5.75 Å². The molecule has 0 fully saturated rings. The summed E-state index contributed by atoms with van der Waals surface area (Å²) < 4.78 is 5.76. The number of ether oxygens (including phenoxy) is 1. The zero-order valence-electron chi connectivity index (χ0n) is 18.4. The number of fused-ring (bicyclic) bond motifs is 1. The van der Waals surface area contributed by atoms with Gasteiger partial charge in [0.25, 0.3) is 0 Å². The van der Waals surface area contributed by atoms with Gasteiger partial charge in [-0.3, -0.25) is 0 Å². The summed E-state index contributed by atoms with van der Waals surface area (Å²) in [7, 11) is 0. The van der Waals surface area contributed by atoms with Gasteiger partial charge in [-0.2, -0.15) is 0 Å². The molecule has 5 nitrogen and oxygen atoms in total. The summed E-state index contributed by atoms with van der Waals surface area (Å²) in [5, 5.41) is 19.6. The molecule has 30 heavy (non-hydrogen) atoms. The van der Waals surface area contributed by atoms with Crippen molar-refractivity contribution >= 4 is 11.0 Å². The minimum absolute atomic E-state index is 0.218. The van der Waals surface area contributed by atoms with Crippen LogP contribution in [0, 0.1) is 0 Å². The average Bonchev–Trinajstić information content (AvgIpc) is 3.16. The second-order valence-electron chi connectivity index (χ2n) is 8.04. The maximum atomic E-state index is 10.5. The largest absolute Gasteiger partial charge is 0.506 e. The quantitative estimate of drug-likeness (QED) is 0.323. The molecule has 0 unspecified atom stereocenters. The highest BCUT2D eigenvalue weighted by Crippen LogP contribution is 2.25. The fraction of sp³-hybridized carbons (Fsp3) is 0.520. The lowest BCUT2D eigenvalue weighted by Gasteiger charge is -2.07. The normalized spacial score (nSPS) is 11.3. The van der Waals surface area contributed by atoms with E-state index < -0.39 is 0 Å². The van der Waals surface area contributed by atoms with E-state index in [4.69, 9.17) is 4.74 Å². The number of hydrogen-bond acceptors (Lipinski definition) is 4. The van der Waals surface area contributed by atoms with E-state index in [0.29, 0.717) is 12.3 Å². The predicted octanol–water partition coefficient (Wildman–Crippen LogP) is 6.60. The molecule has 1 heterocycles. The number of rotatable bonds is 13. The molecule has 0 aliphatic rings. The summed E-state index contributed by atoms with van der Waals surface area (Å²) in [6, 6.07) is 11.6. The van der Waals surface area contributed by atoms with Gasteiger partial charge in [-0.05, 0) is 49.1 Å². The van der Waals surface area contributed by atoms with Crippen molar-refractivity contribution in [2.45, 2.75) is 78.1 Å². The fourth-order valence-corrected chi connectivity index (χ4v) is 3.61. The van der Waals surface area contributed by atoms with Gasteiger partial charge in [0.2, 0.25) is 0 Å². The molecule has 162 valence electrons. The summed E-state index contributed by atoms with van der Waals surface area (Å²) in [6.45, 7) is 5.10. The number of phenolic OH excluding ortho intramolecular Hbond substituents is 1. The molecule has 0 atom stereocenters. The molecule has 5 heteroatoms. The molecular weight excluding hydrogens is 374 g/mol. The SMILES string of the molecule is CCCCCCCCCc1ccc(-n2nc3ccc(OCCCC)cc3n2)c(O)c1. The lowest BCUT2D eigenvalue weighted by Crippen LogP contribution is -1.99. The summed E-state index contributed by atoms with van der Waals surface area (Å²) >= 11 is 0. The molecular formula is C25H35N3O2. The number of aryl methyl sites for hydroxylation is 1. The number of aromatic nitrogens is 3. The maximum absolute atomic E-state index is 10.5. The highest BCUT2D eigenvalue weighted by atomic mass is 16.5. The zero-order chi connectivity index (χ0) is 21.2. The van der Waals surface area contributed by atoms with Crippen molar-refractivity contribution in [2.75, 3.05) is 6.61 Å². The van der Waals surface area contributed by atoms with Gasteiger partial charge in [-0.1, -0.05) is 64.9 Å². The van der Waals surface area contributed by atoms with Crippen LogP contribution in [0.15, 0.2) is 36.4 Å². The molecule has 0 saturated heterocycles. The van der Waals surface area contributed by atoms with Crippen molar-refractivity contribution in [3.05, 3.63) is 42.0 Å². The Kier molecular flexibility index (Phi) is 8.54. The van der Waals surface area contributed by atoms with Crippen LogP contribution in [-0.4, -0.2) is 26.7 Å². The van der Waals surface area contributed by atoms with Gasteiger partial charge < -0.3 is 9.84 Å². The van der Waals surface area contributed by atoms with Crippen molar-refractivity contribution < 1.29 is 9.84 Å². The lowest BCUT2D eigenvalue weighted by molar-refractivity contribution is 0.310. The number of hydrogen-bond donors (Lipinski definition) is 1. The van der Waals surface area contributed by atoms with Gasteiger partial charge in [0.1, 0.15) is 28.2 Å². The van der Waals surface area contributed by atoms with Gasteiger partial charge in [0, 0.05) is 6.07 Å². The Morgan fingerprint density at radius 3 is 2.30 bits per heavy atom. The maximum Gasteiger partial charge on any atom is 0.143 e. The smallest absolute Gasteiger partial charge is 0.143 e. The van der Waals surface area contributed by atoms with E-state index in [9.17, 15) is 5.11 Å². The number of benzene rings is 2. The molecule has 0 spiro atoms. The van der Waals surface area contributed by atoms with Crippen LogP contribution in [0.1, 0.15) is 77.2 Å². The van der Waals surface area contributed by atoms with Crippen molar-refractivity contribution in [1.29, 1.82) is 0 Å². The van der Waals surface area contributed by atoms with E-state index in [0.717, 1.165) is 48.0 Å². The Morgan fingerprint density at radius 1 is 0.800 bits per heavy atom. The second-order valence-corrected chi connectivity index (χ2v) is 8.04. The number of nitrogens with zero attached hydrogens (tertiary/aromatic N) is 3. The molecule has 0 saturated carbocycles. The van der Waals surface area contributed by atoms with Gasteiger partial charge >= 0.3 is 0 Å². The third-order valence-electron chi connectivity index (χ3n) is 5.44. The minimum Gasteiger partial charge on any atom is -0.506 e. The van der Waals surface area contributed by atoms with Gasteiger partial charge in [0.05, 0.1) is 6.61 Å². The van der Waals surface area contributed by atoms with Crippen LogP contribution in [0.3, 0.4) is 0 Å².